The molecule has 0 fully saturated rings. The largest absolute Gasteiger partial charge is 0.463 e. The lowest BCUT2D eigenvalue weighted by Crippen LogP contribution is -2.46. The van der Waals surface area contributed by atoms with E-state index in [-0.39, 0.29) is 30.9 Å². The summed E-state index contributed by atoms with van der Waals surface area (Å²) in [5.74, 6) is -1.04. The van der Waals surface area contributed by atoms with Gasteiger partial charge in [0.05, 0.1) is 29.6 Å². The van der Waals surface area contributed by atoms with Crippen LogP contribution in [0.1, 0.15) is 46.9 Å². The molecular formula is C24H27N5O5S. The number of rotatable bonds is 8. The molecule has 4 heterocycles. The number of aryl methyl sites for hydroxylation is 3. The zero-order valence-electron chi connectivity index (χ0n) is 20.0. The summed E-state index contributed by atoms with van der Waals surface area (Å²) in [5, 5.41) is 11.7. The number of carbonyl (C=O) groups excluding carboxylic acids is 3. The molecule has 0 spiro atoms. The van der Waals surface area contributed by atoms with Crippen molar-refractivity contribution in [3.8, 4) is 0 Å². The monoisotopic (exact) mass is 497 g/mol. The second-order valence-electron chi connectivity index (χ2n) is 8.14. The third-order valence-corrected chi connectivity index (χ3v) is 6.66. The lowest BCUT2D eigenvalue weighted by atomic mass is 10.0. The van der Waals surface area contributed by atoms with E-state index in [9.17, 15) is 14.4 Å². The van der Waals surface area contributed by atoms with Gasteiger partial charge in [0.1, 0.15) is 6.61 Å². The molecule has 184 valence electrons. The first-order chi connectivity index (χ1) is 16.8. The molecule has 35 heavy (non-hydrogen) atoms. The summed E-state index contributed by atoms with van der Waals surface area (Å²) in [7, 11) is 0. The highest BCUT2D eigenvalue weighted by Crippen LogP contribution is 2.30. The molecule has 4 rings (SSSR count). The second kappa shape index (κ2) is 10.3. The molecule has 3 aromatic rings. The molecule has 0 aliphatic carbocycles. The first-order valence-corrected chi connectivity index (χ1v) is 12.2. The molecule has 1 atom stereocenters. The van der Waals surface area contributed by atoms with E-state index >= 15 is 0 Å². The van der Waals surface area contributed by atoms with Crippen molar-refractivity contribution in [3.05, 3.63) is 62.4 Å². The lowest BCUT2D eigenvalue weighted by Gasteiger charge is -2.28. The Bertz CT molecular complexity index is 1310. The molecule has 0 aromatic carbocycles. The summed E-state index contributed by atoms with van der Waals surface area (Å²) < 4.78 is 12.4. The minimum atomic E-state index is -0.683. The normalized spacial score (nSPS) is 15.7. The summed E-state index contributed by atoms with van der Waals surface area (Å²) in [5.41, 5.74) is 4.75. The van der Waals surface area contributed by atoms with Crippen LogP contribution in [0.25, 0.3) is 5.65 Å². The average molecular weight is 498 g/mol. The van der Waals surface area contributed by atoms with Crippen molar-refractivity contribution >= 4 is 35.0 Å². The van der Waals surface area contributed by atoms with Gasteiger partial charge in [-0.2, -0.15) is 5.10 Å². The third kappa shape index (κ3) is 5.19. The van der Waals surface area contributed by atoms with Gasteiger partial charge in [0.2, 0.25) is 0 Å². The Morgan fingerprint density at radius 3 is 2.74 bits per heavy atom. The first-order valence-electron chi connectivity index (χ1n) is 11.3. The molecule has 0 bridgehead atoms. The standard InChI is InChI=1S/C24H27N5O5S/c1-5-33-23(31)21-17(26-24(32)27-22(21)18-7-6-10-35-18)12-34-20(30)9-8-16-14(3)25-19-11-13(2)28-29(19)15(16)4/h6-7,10-11,22H,5,8-9,12H2,1-4H3,(H2,26,27,32). The van der Waals surface area contributed by atoms with Crippen LogP contribution in [0.3, 0.4) is 0 Å². The number of aromatic nitrogens is 3. The van der Waals surface area contributed by atoms with Crippen LogP contribution in [0.4, 0.5) is 4.79 Å². The summed E-state index contributed by atoms with van der Waals surface area (Å²) in [6, 6.07) is 4.39. The molecule has 2 N–H and O–H groups in total. The SMILES string of the molecule is CCOC(=O)C1=C(COC(=O)CCc2c(C)nc3cc(C)nn3c2C)NC(=O)NC1c1cccs1. The van der Waals surface area contributed by atoms with Gasteiger partial charge in [0, 0.05) is 28.8 Å². The van der Waals surface area contributed by atoms with Gasteiger partial charge >= 0.3 is 18.0 Å². The Balaban J connectivity index is 1.49. The van der Waals surface area contributed by atoms with Crippen LogP contribution in [0.5, 0.6) is 0 Å². The number of fused-ring (bicyclic) bond motifs is 1. The summed E-state index contributed by atoms with van der Waals surface area (Å²) in [4.78, 5) is 43.0. The van der Waals surface area contributed by atoms with Crippen LogP contribution >= 0.6 is 11.3 Å². The zero-order valence-corrected chi connectivity index (χ0v) is 20.8. The van der Waals surface area contributed by atoms with E-state index < -0.39 is 24.0 Å². The maximum atomic E-state index is 12.7. The van der Waals surface area contributed by atoms with Crippen molar-refractivity contribution in [2.75, 3.05) is 13.2 Å². The predicted molar refractivity (Wildman–Crippen MR) is 129 cm³/mol. The minimum absolute atomic E-state index is 0.109. The van der Waals surface area contributed by atoms with Gasteiger partial charge < -0.3 is 20.1 Å². The van der Waals surface area contributed by atoms with Crippen molar-refractivity contribution in [2.24, 2.45) is 0 Å². The Hall–Kier alpha value is -3.73. The van der Waals surface area contributed by atoms with Gasteiger partial charge in [-0.25, -0.2) is 19.1 Å². The topological polar surface area (TPSA) is 124 Å². The number of amides is 2. The number of hydrogen-bond donors (Lipinski definition) is 2. The number of nitrogens with one attached hydrogen (secondary N) is 2. The van der Waals surface area contributed by atoms with Crippen molar-refractivity contribution in [1.82, 2.24) is 25.2 Å². The molecule has 11 heteroatoms. The minimum Gasteiger partial charge on any atom is -0.463 e. The maximum Gasteiger partial charge on any atom is 0.338 e. The third-order valence-electron chi connectivity index (χ3n) is 5.72. The van der Waals surface area contributed by atoms with Gasteiger partial charge in [-0.15, -0.1) is 11.3 Å². The van der Waals surface area contributed by atoms with E-state index in [0.29, 0.717) is 6.42 Å². The fourth-order valence-electron chi connectivity index (χ4n) is 4.11. The van der Waals surface area contributed by atoms with Crippen molar-refractivity contribution in [1.29, 1.82) is 0 Å². The number of urea groups is 1. The van der Waals surface area contributed by atoms with E-state index in [0.717, 1.165) is 33.2 Å². The Labute approximate surface area is 206 Å². The predicted octanol–water partition coefficient (Wildman–Crippen LogP) is 3.06. The second-order valence-corrected chi connectivity index (χ2v) is 9.12. The summed E-state index contributed by atoms with van der Waals surface area (Å²) in [6.07, 6.45) is 0.533. The van der Waals surface area contributed by atoms with Crippen LogP contribution in [0.2, 0.25) is 0 Å². The van der Waals surface area contributed by atoms with Crippen molar-refractivity contribution in [3.63, 3.8) is 0 Å². The van der Waals surface area contributed by atoms with E-state index in [1.165, 1.54) is 11.3 Å². The van der Waals surface area contributed by atoms with Crippen LogP contribution in [-0.2, 0) is 25.5 Å². The fraction of sp³-hybridized carbons (Fsp3) is 0.375. The number of thiophene rings is 1. The Morgan fingerprint density at radius 2 is 2.03 bits per heavy atom. The number of esters is 2. The zero-order chi connectivity index (χ0) is 25.1. The van der Waals surface area contributed by atoms with Crippen molar-refractivity contribution < 1.29 is 23.9 Å². The highest BCUT2D eigenvalue weighted by molar-refractivity contribution is 7.10. The molecule has 1 aliphatic rings. The summed E-state index contributed by atoms with van der Waals surface area (Å²) >= 11 is 1.40. The van der Waals surface area contributed by atoms with Crippen LogP contribution in [-0.4, -0.2) is 45.8 Å². The highest BCUT2D eigenvalue weighted by atomic mass is 32.1. The quantitative estimate of drug-likeness (QED) is 0.458. The van der Waals surface area contributed by atoms with E-state index in [1.54, 1.807) is 11.4 Å². The highest BCUT2D eigenvalue weighted by Gasteiger charge is 2.34. The van der Waals surface area contributed by atoms with E-state index in [4.69, 9.17) is 9.47 Å². The molecule has 3 aromatic heterocycles. The smallest absolute Gasteiger partial charge is 0.338 e. The molecular weight excluding hydrogens is 470 g/mol. The first kappa shape index (κ1) is 24.4. The Kier molecular flexibility index (Phi) is 7.15. The molecule has 10 nitrogen and oxygen atoms in total. The van der Waals surface area contributed by atoms with Crippen LogP contribution < -0.4 is 10.6 Å². The average Bonchev–Trinajstić information content (AvgIpc) is 3.47. The fourth-order valence-corrected chi connectivity index (χ4v) is 4.89. The maximum absolute atomic E-state index is 12.7. The van der Waals surface area contributed by atoms with Crippen molar-refractivity contribution in [2.45, 2.75) is 46.6 Å². The van der Waals surface area contributed by atoms with Crippen LogP contribution in [0.15, 0.2) is 34.8 Å². The van der Waals surface area contributed by atoms with Gasteiger partial charge in [-0.05, 0) is 51.1 Å². The molecule has 0 radical (unpaired) electrons. The molecule has 0 saturated heterocycles. The summed E-state index contributed by atoms with van der Waals surface area (Å²) in [6.45, 7) is 7.38. The lowest BCUT2D eigenvalue weighted by molar-refractivity contribution is -0.143. The number of ether oxygens (including phenoxy) is 2. The van der Waals surface area contributed by atoms with Gasteiger partial charge in [0.25, 0.3) is 0 Å². The molecule has 1 aliphatic heterocycles. The van der Waals surface area contributed by atoms with Crippen LogP contribution in [0, 0.1) is 20.8 Å². The van der Waals surface area contributed by atoms with E-state index in [1.807, 2.05) is 44.4 Å². The van der Waals surface area contributed by atoms with Gasteiger partial charge in [-0.1, -0.05) is 6.07 Å². The molecule has 0 saturated carbocycles. The number of nitrogens with zero attached hydrogens (tertiary/aromatic N) is 3. The van der Waals surface area contributed by atoms with E-state index in [2.05, 4.69) is 20.7 Å². The Morgan fingerprint density at radius 1 is 1.23 bits per heavy atom. The number of hydrogen-bond acceptors (Lipinski definition) is 8. The van der Waals surface area contributed by atoms with Gasteiger partial charge in [-0.3, -0.25) is 4.79 Å². The van der Waals surface area contributed by atoms with Gasteiger partial charge in [0.15, 0.2) is 5.65 Å². The molecule has 1 unspecified atom stereocenters. The molecule has 2 amide bonds. The number of carbonyl (C=O) groups is 3.